The van der Waals surface area contributed by atoms with Crippen LogP contribution in [0, 0.1) is 0 Å². The Bertz CT molecular complexity index is 762. The molecule has 1 aromatic carbocycles. The van der Waals surface area contributed by atoms with E-state index in [1.165, 1.54) is 13.2 Å². The van der Waals surface area contributed by atoms with E-state index in [0.717, 1.165) is 6.42 Å². The number of amides is 1. The van der Waals surface area contributed by atoms with Gasteiger partial charge >= 0.3 is 0 Å². The van der Waals surface area contributed by atoms with Gasteiger partial charge in [-0.3, -0.25) is 9.59 Å². The third kappa shape index (κ3) is 2.92. The van der Waals surface area contributed by atoms with Crippen LogP contribution in [0.15, 0.2) is 28.7 Å². The number of hydrogen-bond acceptors (Lipinski definition) is 5. The minimum absolute atomic E-state index is 0.0213. The standard InChI is InChI=1S/C17H17NO5/c1-21-10-6-7-15(22-2)12(8-10)18-17(20)16-9-11-13(19)4-3-5-14(11)23-16/h6-9H,3-5H2,1-2H3,(H,18,20). The highest BCUT2D eigenvalue weighted by Crippen LogP contribution is 2.30. The van der Waals surface area contributed by atoms with Gasteiger partial charge in [0.05, 0.1) is 25.5 Å². The third-order valence-corrected chi connectivity index (χ3v) is 3.80. The van der Waals surface area contributed by atoms with E-state index >= 15 is 0 Å². The van der Waals surface area contributed by atoms with Crippen LogP contribution in [-0.4, -0.2) is 25.9 Å². The number of aryl methyl sites for hydroxylation is 1. The van der Waals surface area contributed by atoms with Crippen LogP contribution >= 0.6 is 0 Å². The van der Waals surface area contributed by atoms with E-state index in [1.54, 1.807) is 25.3 Å². The Balaban J connectivity index is 1.86. The summed E-state index contributed by atoms with van der Waals surface area (Å²) in [6, 6.07) is 6.60. The summed E-state index contributed by atoms with van der Waals surface area (Å²) in [5.74, 6) is 1.40. The van der Waals surface area contributed by atoms with E-state index in [9.17, 15) is 9.59 Å². The lowest BCUT2D eigenvalue weighted by molar-refractivity contribution is 0.0963. The number of benzene rings is 1. The summed E-state index contributed by atoms with van der Waals surface area (Å²) in [5, 5.41) is 2.73. The van der Waals surface area contributed by atoms with Crippen molar-refractivity contribution in [2.24, 2.45) is 0 Å². The monoisotopic (exact) mass is 315 g/mol. The fourth-order valence-electron chi connectivity index (χ4n) is 2.60. The Morgan fingerprint density at radius 3 is 2.70 bits per heavy atom. The molecule has 1 aromatic heterocycles. The molecule has 0 saturated heterocycles. The quantitative estimate of drug-likeness (QED) is 0.938. The summed E-state index contributed by atoms with van der Waals surface area (Å²) >= 11 is 0. The van der Waals surface area contributed by atoms with E-state index in [0.29, 0.717) is 41.4 Å². The van der Waals surface area contributed by atoms with Crippen molar-refractivity contribution in [3.63, 3.8) is 0 Å². The lowest BCUT2D eigenvalue weighted by Gasteiger charge is -2.10. The van der Waals surface area contributed by atoms with Crippen molar-refractivity contribution >= 4 is 17.4 Å². The number of rotatable bonds is 4. The molecule has 1 N–H and O–H groups in total. The molecule has 0 atom stereocenters. The van der Waals surface area contributed by atoms with Gasteiger partial charge in [-0.2, -0.15) is 0 Å². The average molecular weight is 315 g/mol. The van der Waals surface area contributed by atoms with Crippen molar-refractivity contribution in [1.29, 1.82) is 0 Å². The van der Waals surface area contributed by atoms with Crippen molar-refractivity contribution in [3.8, 4) is 11.5 Å². The van der Waals surface area contributed by atoms with Crippen molar-refractivity contribution in [1.82, 2.24) is 0 Å². The maximum atomic E-state index is 12.4. The SMILES string of the molecule is COc1ccc(OC)c(NC(=O)c2cc3c(o2)CCCC3=O)c1. The summed E-state index contributed by atoms with van der Waals surface area (Å²) in [5.41, 5.74) is 0.983. The van der Waals surface area contributed by atoms with Gasteiger partial charge in [0, 0.05) is 25.0 Å². The molecular weight excluding hydrogens is 298 g/mol. The molecule has 1 aliphatic rings. The highest BCUT2D eigenvalue weighted by molar-refractivity contribution is 6.06. The first-order chi connectivity index (χ1) is 11.1. The molecule has 0 radical (unpaired) electrons. The van der Waals surface area contributed by atoms with Crippen LogP contribution in [0.3, 0.4) is 0 Å². The highest BCUT2D eigenvalue weighted by atomic mass is 16.5. The molecule has 0 unspecified atom stereocenters. The lowest BCUT2D eigenvalue weighted by atomic mass is 9.97. The zero-order valence-electron chi connectivity index (χ0n) is 13.0. The van der Waals surface area contributed by atoms with Gasteiger partial charge in [-0.15, -0.1) is 0 Å². The fourth-order valence-corrected chi connectivity index (χ4v) is 2.60. The smallest absolute Gasteiger partial charge is 0.291 e. The van der Waals surface area contributed by atoms with Gasteiger partial charge in [-0.1, -0.05) is 0 Å². The topological polar surface area (TPSA) is 77.8 Å². The molecule has 120 valence electrons. The van der Waals surface area contributed by atoms with Gasteiger partial charge in [0.15, 0.2) is 11.5 Å². The molecular formula is C17H17NO5. The number of Topliss-reactive ketones (excluding diaryl/α,β-unsaturated/α-hetero) is 1. The fraction of sp³-hybridized carbons (Fsp3) is 0.294. The van der Waals surface area contributed by atoms with E-state index in [2.05, 4.69) is 5.32 Å². The predicted octanol–water partition coefficient (Wildman–Crippen LogP) is 3.07. The largest absolute Gasteiger partial charge is 0.497 e. The minimum Gasteiger partial charge on any atom is -0.497 e. The van der Waals surface area contributed by atoms with E-state index in [1.807, 2.05) is 0 Å². The molecule has 0 spiro atoms. The Morgan fingerprint density at radius 1 is 1.17 bits per heavy atom. The first kappa shape index (κ1) is 15.1. The number of fused-ring (bicyclic) bond motifs is 1. The van der Waals surface area contributed by atoms with E-state index in [-0.39, 0.29) is 11.5 Å². The molecule has 1 amide bonds. The molecule has 1 heterocycles. The molecule has 6 heteroatoms. The van der Waals surface area contributed by atoms with Crippen LogP contribution in [0.4, 0.5) is 5.69 Å². The minimum atomic E-state index is -0.432. The Kier molecular flexibility index (Phi) is 4.06. The molecule has 0 fully saturated rings. The van der Waals surface area contributed by atoms with Crippen molar-refractivity contribution in [2.45, 2.75) is 19.3 Å². The van der Waals surface area contributed by atoms with Crippen LogP contribution < -0.4 is 14.8 Å². The summed E-state index contributed by atoms with van der Waals surface area (Å²) < 4.78 is 15.9. The number of anilines is 1. The average Bonchev–Trinajstić information content (AvgIpc) is 3.00. The molecule has 6 nitrogen and oxygen atoms in total. The van der Waals surface area contributed by atoms with Gasteiger partial charge in [0.25, 0.3) is 5.91 Å². The van der Waals surface area contributed by atoms with Gasteiger partial charge in [0.1, 0.15) is 17.3 Å². The maximum Gasteiger partial charge on any atom is 0.291 e. The van der Waals surface area contributed by atoms with Gasteiger partial charge in [0.2, 0.25) is 0 Å². The predicted molar refractivity (Wildman–Crippen MR) is 83.5 cm³/mol. The summed E-state index contributed by atoms with van der Waals surface area (Å²) in [6.07, 6.45) is 1.93. The summed E-state index contributed by atoms with van der Waals surface area (Å²) in [6.45, 7) is 0. The van der Waals surface area contributed by atoms with E-state index in [4.69, 9.17) is 13.9 Å². The number of hydrogen-bond donors (Lipinski definition) is 1. The van der Waals surface area contributed by atoms with Gasteiger partial charge in [-0.05, 0) is 18.6 Å². The van der Waals surface area contributed by atoms with Crippen molar-refractivity contribution in [3.05, 3.63) is 41.3 Å². The van der Waals surface area contributed by atoms with Crippen LogP contribution in [0.5, 0.6) is 11.5 Å². The Hall–Kier alpha value is -2.76. The second kappa shape index (κ2) is 6.16. The zero-order chi connectivity index (χ0) is 16.4. The Labute approximate surface area is 133 Å². The van der Waals surface area contributed by atoms with Gasteiger partial charge in [-0.25, -0.2) is 0 Å². The van der Waals surface area contributed by atoms with Crippen LogP contribution in [0.1, 0.15) is 39.5 Å². The molecule has 3 rings (SSSR count). The molecule has 0 aliphatic heterocycles. The number of methoxy groups -OCH3 is 2. The summed E-state index contributed by atoms with van der Waals surface area (Å²) in [7, 11) is 3.06. The number of furan rings is 1. The first-order valence-corrected chi connectivity index (χ1v) is 7.31. The van der Waals surface area contributed by atoms with Crippen LogP contribution in [0.25, 0.3) is 0 Å². The number of ketones is 1. The molecule has 1 aliphatic carbocycles. The van der Waals surface area contributed by atoms with E-state index < -0.39 is 5.91 Å². The molecule has 2 aromatic rings. The second-order valence-electron chi connectivity index (χ2n) is 5.24. The number of nitrogens with one attached hydrogen (secondary N) is 1. The normalized spacial score (nSPS) is 13.4. The Morgan fingerprint density at radius 2 is 2.00 bits per heavy atom. The van der Waals surface area contributed by atoms with Crippen LogP contribution in [0.2, 0.25) is 0 Å². The van der Waals surface area contributed by atoms with Crippen LogP contribution in [-0.2, 0) is 6.42 Å². The third-order valence-electron chi connectivity index (χ3n) is 3.80. The maximum absolute atomic E-state index is 12.4. The van der Waals surface area contributed by atoms with Crippen molar-refractivity contribution in [2.75, 3.05) is 19.5 Å². The molecule has 0 bridgehead atoms. The van der Waals surface area contributed by atoms with Gasteiger partial charge < -0.3 is 19.2 Å². The number of ether oxygens (including phenoxy) is 2. The second-order valence-corrected chi connectivity index (χ2v) is 5.24. The first-order valence-electron chi connectivity index (χ1n) is 7.31. The highest BCUT2D eigenvalue weighted by Gasteiger charge is 2.25. The summed E-state index contributed by atoms with van der Waals surface area (Å²) in [4.78, 5) is 24.2. The number of carbonyl (C=O) groups is 2. The number of carbonyl (C=O) groups excluding carboxylic acids is 2. The molecule has 23 heavy (non-hydrogen) atoms. The zero-order valence-corrected chi connectivity index (χ0v) is 13.0. The van der Waals surface area contributed by atoms with Crippen molar-refractivity contribution < 1.29 is 23.5 Å². The molecule has 0 saturated carbocycles. The lowest BCUT2D eigenvalue weighted by Crippen LogP contribution is -2.12.